The van der Waals surface area contributed by atoms with Gasteiger partial charge in [-0.25, -0.2) is 8.42 Å². The first-order chi connectivity index (χ1) is 10.6. The fourth-order valence-electron chi connectivity index (χ4n) is 2.01. The number of hydrogen-bond acceptors (Lipinski definition) is 4. The quantitative estimate of drug-likeness (QED) is 0.779. The van der Waals surface area contributed by atoms with Gasteiger partial charge in [-0.2, -0.15) is 4.31 Å². The fraction of sp³-hybridized carbons (Fsp3) is 0.533. The van der Waals surface area contributed by atoms with Gasteiger partial charge in [0.1, 0.15) is 4.90 Å². The number of benzene rings is 1. The third-order valence-electron chi connectivity index (χ3n) is 3.54. The number of nitrogens with zero attached hydrogens (tertiary/aromatic N) is 1. The minimum Gasteiger partial charge on any atom is -0.325 e. The zero-order valence-corrected chi connectivity index (χ0v) is 15.4. The third kappa shape index (κ3) is 4.67. The van der Waals surface area contributed by atoms with Gasteiger partial charge in [0.05, 0.1) is 11.1 Å². The molecule has 0 heterocycles. The number of halogens is 1. The van der Waals surface area contributed by atoms with Crippen molar-refractivity contribution in [3.8, 4) is 0 Å². The molecule has 1 atom stereocenters. The maximum atomic E-state index is 12.6. The average molecular weight is 362 g/mol. The van der Waals surface area contributed by atoms with Gasteiger partial charge in [0.2, 0.25) is 15.9 Å². The summed E-state index contributed by atoms with van der Waals surface area (Å²) in [5.74, 6) is -0.394. The molecule has 0 spiro atoms. The van der Waals surface area contributed by atoms with Gasteiger partial charge < -0.3 is 11.1 Å². The van der Waals surface area contributed by atoms with Crippen LogP contribution in [0.3, 0.4) is 0 Å². The van der Waals surface area contributed by atoms with Crippen molar-refractivity contribution >= 4 is 33.2 Å². The number of anilines is 1. The lowest BCUT2D eigenvalue weighted by atomic mass is 10.1. The summed E-state index contributed by atoms with van der Waals surface area (Å²) in [6.07, 6.45) is 0. The molecule has 6 nitrogen and oxygen atoms in total. The van der Waals surface area contributed by atoms with Crippen LogP contribution in [-0.2, 0) is 14.8 Å². The Labute approximate surface area is 143 Å². The molecule has 0 aromatic heterocycles. The summed E-state index contributed by atoms with van der Waals surface area (Å²) in [6.45, 7) is 7.85. The van der Waals surface area contributed by atoms with Crippen LogP contribution in [-0.4, -0.2) is 37.8 Å². The number of rotatable bonds is 7. The SMILES string of the molecule is CCN(CC)S(=O)(=O)c1cc(NC(=O)[C@@H](N)C(C)C)ccc1Cl. The molecule has 0 saturated heterocycles. The summed E-state index contributed by atoms with van der Waals surface area (Å²) < 4.78 is 26.5. The Bertz CT molecular complexity index is 658. The van der Waals surface area contributed by atoms with E-state index in [4.69, 9.17) is 17.3 Å². The predicted octanol–water partition coefficient (Wildman–Crippen LogP) is 2.29. The molecule has 1 amide bonds. The summed E-state index contributed by atoms with van der Waals surface area (Å²) in [7, 11) is -3.71. The summed E-state index contributed by atoms with van der Waals surface area (Å²) in [5.41, 5.74) is 6.14. The first-order valence-electron chi connectivity index (χ1n) is 7.51. The summed E-state index contributed by atoms with van der Waals surface area (Å²) in [6, 6.07) is 3.69. The van der Waals surface area contributed by atoms with Crippen LogP contribution in [0.2, 0.25) is 5.02 Å². The highest BCUT2D eigenvalue weighted by Crippen LogP contribution is 2.27. The van der Waals surface area contributed by atoms with Crippen molar-refractivity contribution in [1.82, 2.24) is 4.31 Å². The fourth-order valence-corrected chi connectivity index (χ4v) is 3.97. The van der Waals surface area contributed by atoms with E-state index in [-0.39, 0.29) is 21.7 Å². The molecule has 0 bridgehead atoms. The van der Waals surface area contributed by atoms with E-state index < -0.39 is 16.1 Å². The number of carbonyl (C=O) groups is 1. The van der Waals surface area contributed by atoms with E-state index in [0.29, 0.717) is 18.8 Å². The lowest BCUT2D eigenvalue weighted by Crippen LogP contribution is -2.39. The van der Waals surface area contributed by atoms with Crippen LogP contribution in [0.5, 0.6) is 0 Å². The van der Waals surface area contributed by atoms with Crippen molar-refractivity contribution in [3.05, 3.63) is 23.2 Å². The maximum Gasteiger partial charge on any atom is 0.244 e. The van der Waals surface area contributed by atoms with Crippen LogP contribution in [0.4, 0.5) is 5.69 Å². The van der Waals surface area contributed by atoms with Crippen LogP contribution in [0.25, 0.3) is 0 Å². The Balaban J connectivity index is 3.16. The molecule has 1 aromatic rings. The van der Waals surface area contributed by atoms with Gasteiger partial charge in [-0.15, -0.1) is 0 Å². The van der Waals surface area contributed by atoms with Gasteiger partial charge in [-0.05, 0) is 24.1 Å². The van der Waals surface area contributed by atoms with E-state index in [1.165, 1.54) is 16.4 Å². The van der Waals surface area contributed by atoms with Crippen LogP contribution >= 0.6 is 11.6 Å². The highest BCUT2D eigenvalue weighted by molar-refractivity contribution is 7.89. The molecule has 0 unspecified atom stereocenters. The molecular formula is C15H24ClN3O3S. The second-order valence-corrected chi connectivity index (χ2v) is 7.81. The molecule has 8 heteroatoms. The summed E-state index contributed by atoms with van der Waals surface area (Å²) >= 11 is 6.05. The first kappa shape index (κ1) is 19.9. The molecule has 3 N–H and O–H groups in total. The molecule has 0 saturated carbocycles. The largest absolute Gasteiger partial charge is 0.325 e. The first-order valence-corrected chi connectivity index (χ1v) is 9.33. The number of nitrogens with one attached hydrogen (secondary N) is 1. The van der Waals surface area contributed by atoms with Crippen molar-refractivity contribution in [2.45, 2.75) is 38.6 Å². The van der Waals surface area contributed by atoms with E-state index >= 15 is 0 Å². The highest BCUT2D eigenvalue weighted by Gasteiger charge is 2.25. The normalized spacial score (nSPS) is 13.4. The smallest absolute Gasteiger partial charge is 0.244 e. The Hall–Kier alpha value is -1.15. The summed E-state index contributed by atoms with van der Waals surface area (Å²) in [4.78, 5) is 12.0. The lowest BCUT2D eigenvalue weighted by Gasteiger charge is -2.20. The van der Waals surface area contributed by atoms with Crippen LogP contribution in [0.15, 0.2) is 23.1 Å². The van der Waals surface area contributed by atoms with Gasteiger partial charge >= 0.3 is 0 Å². The molecular weight excluding hydrogens is 338 g/mol. The van der Waals surface area contributed by atoms with Crippen molar-refractivity contribution in [1.29, 1.82) is 0 Å². The van der Waals surface area contributed by atoms with Crippen molar-refractivity contribution in [2.24, 2.45) is 11.7 Å². The zero-order valence-electron chi connectivity index (χ0n) is 13.8. The minimum atomic E-state index is -3.71. The number of sulfonamides is 1. The Morgan fingerprint density at radius 2 is 1.87 bits per heavy atom. The van der Waals surface area contributed by atoms with Gasteiger partial charge in [0.15, 0.2) is 0 Å². The predicted molar refractivity (Wildman–Crippen MR) is 93.0 cm³/mol. The number of amides is 1. The average Bonchev–Trinajstić information content (AvgIpc) is 2.48. The molecule has 0 fully saturated rings. The van der Waals surface area contributed by atoms with Gasteiger partial charge in [0.25, 0.3) is 0 Å². The van der Waals surface area contributed by atoms with Crippen LogP contribution in [0, 0.1) is 5.92 Å². The van der Waals surface area contributed by atoms with Crippen LogP contribution < -0.4 is 11.1 Å². The molecule has 1 aromatic carbocycles. The molecule has 23 heavy (non-hydrogen) atoms. The van der Waals surface area contributed by atoms with Crippen LogP contribution in [0.1, 0.15) is 27.7 Å². The monoisotopic (exact) mass is 361 g/mol. The van der Waals surface area contributed by atoms with Gasteiger partial charge in [0, 0.05) is 18.8 Å². The van der Waals surface area contributed by atoms with E-state index in [9.17, 15) is 13.2 Å². The lowest BCUT2D eigenvalue weighted by molar-refractivity contribution is -0.118. The molecule has 0 radical (unpaired) electrons. The van der Waals surface area contributed by atoms with Gasteiger partial charge in [-0.1, -0.05) is 39.3 Å². The molecule has 0 aliphatic heterocycles. The molecule has 1 rings (SSSR count). The van der Waals surface area contributed by atoms with E-state index in [1.807, 2.05) is 13.8 Å². The molecule has 130 valence electrons. The topological polar surface area (TPSA) is 92.5 Å². The Morgan fingerprint density at radius 3 is 2.35 bits per heavy atom. The van der Waals surface area contributed by atoms with Crippen molar-refractivity contribution < 1.29 is 13.2 Å². The van der Waals surface area contributed by atoms with Gasteiger partial charge in [-0.3, -0.25) is 4.79 Å². The third-order valence-corrected chi connectivity index (χ3v) is 6.07. The number of carbonyl (C=O) groups excluding carboxylic acids is 1. The Kier molecular flexibility index (Phi) is 7.01. The van der Waals surface area contributed by atoms with E-state index in [2.05, 4.69) is 5.32 Å². The van der Waals surface area contributed by atoms with Crippen molar-refractivity contribution in [2.75, 3.05) is 18.4 Å². The minimum absolute atomic E-state index is 0.0267. The van der Waals surface area contributed by atoms with Crippen molar-refractivity contribution in [3.63, 3.8) is 0 Å². The highest BCUT2D eigenvalue weighted by atomic mass is 35.5. The van der Waals surface area contributed by atoms with E-state index in [0.717, 1.165) is 0 Å². The molecule has 0 aliphatic carbocycles. The Morgan fingerprint density at radius 1 is 1.30 bits per heavy atom. The number of hydrogen-bond donors (Lipinski definition) is 2. The maximum absolute atomic E-state index is 12.6. The number of nitrogens with two attached hydrogens (primary N) is 1. The molecule has 0 aliphatic rings. The standard InChI is InChI=1S/C15H24ClN3O3S/c1-5-19(6-2)23(21,22)13-9-11(7-8-12(13)16)18-15(20)14(17)10(3)4/h7-10,14H,5-6,17H2,1-4H3,(H,18,20)/t14-/m0/s1. The zero-order chi connectivity index (χ0) is 17.8. The second kappa shape index (κ2) is 8.10. The summed E-state index contributed by atoms with van der Waals surface area (Å²) in [5, 5.41) is 2.75. The van der Waals surface area contributed by atoms with E-state index in [1.54, 1.807) is 19.9 Å². The second-order valence-electron chi connectivity index (χ2n) is 5.49.